The van der Waals surface area contributed by atoms with Crippen molar-refractivity contribution in [2.45, 2.75) is 5.50 Å². The number of amidine groups is 1. The fourth-order valence-corrected chi connectivity index (χ4v) is 2.16. The van der Waals surface area contributed by atoms with Crippen molar-refractivity contribution in [2.75, 3.05) is 4.90 Å². The summed E-state index contributed by atoms with van der Waals surface area (Å²) < 4.78 is 0. The Hall–Kier alpha value is -1.01. The Bertz CT molecular complexity index is 561. The van der Waals surface area contributed by atoms with Gasteiger partial charge in [0, 0.05) is 29.1 Å². The number of hydrazone groups is 1. The summed E-state index contributed by atoms with van der Waals surface area (Å²) in [4.78, 5) is 6.09. The van der Waals surface area contributed by atoms with E-state index in [0.717, 1.165) is 17.1 Å². The van der Waals surface area contributed by atoms with Gasteiger partial charge in [-0.2, -0.15) is 5.10 Å². The van der Waals surface area contributed by atoms with E-state index < -0.39 is 0 Å². The number of aromatic nitrogens is 1. The van der Waals surface area contributed by atoms with E-state index >= 15 is 0 Å². The predicted octanol–water partition coefficient (Wildman–Crippen LogP) is -1.31. The van der Waals surface area contributed by atoms with Gasteiger partial charge >= 0.3 is 29.6 Å². The topological polar surface area (TPSA) is 40.5 Å². The van der Waals surface area contributed by atoms with Crippen LogP contribution in [-0.2, 0) is 12.6 Å². The number of hydrogen-bond acceptors (Lipinski definition) is 5. The molecule has 4 nitrogen and oxygen atoms in total. The van der Waals surface area contributed by atoms with E-state index in [2.05, 4.69) is 15.5 Å². The molecule has 3 rings (SSSR count). The van der Waals surface area contributed by atoms with E-state index in [1.54, 1.807) is 12.4 Å². The van der Waals surface area contributed by atoms with Gasteiger partial charge in [0.1, 0.15) is 0 Å². The zero-order chi connectivity index (χ0) is 12.4. The molecule has 2 aromatic rings. The first-order valence-electron chi connectivity index (χ1n) is 5.60. The van der Waals surface area contributed by atoms with Crippen LogP contribution in [0.4, 0.5) is 5.69 Å². The van der Waals surface area contributed by atoms with E-state index in [4.69, 9.17) is 12.6 Å². The molecule has 1 N–H and O–H groups in total. The standard InChI is InChI=1S/C13H12N4S.Na/c18-13-16-15-12(10-5-4-8-14-9-10)17(13)11-6-2-1-3-7-11;/h1-9,13,16,18H;/q;+1/p-1. The molecule has 1 atom stereocenters. The first-order chi connectivity index (χ1) is 8.86. The average molecular weight is 278 g/mol. The van der Waals surface area contributed by atoms with Crippen LogP contribution in [-0.4, -0.2) is 16.3 Å². The molecule has 0 aliphatic carbocycles. The van der Waals surface area contributed by atoms with Crippen LogP contribution < -0.4 is 39.9 Å². The van der Waals surface area contributed by atoms with Gasteiger partial charge < -0.3 is 23.0 Å². The normalized spacial score (nSPS) is 17.4. The first kappa shape index (κ1) is 14.4. The number of rotatable bonds is 2. The molecule has 1 aromatic heterocycles. The molecule has 0 spiro atoms. The van der Waals surface area contributed by atoms with Gasteiger partial charge in [0.25, 0.3) is 0 Å². The van der Waals surface area contributed by atoms with E-state index in [9.17, 15) is 0 Å². The summed E-state index contributed by atoms with van der Waals surface area (Å²) in [6, 6.07) is 13.8. The number of hydrogen-bond donors (Lipinski definition) is 1. The number of nitrogens with one attached hydrogen (secondary N) is 1. The van der Waals surface area contributed by atoms with Crippen LogP contribution in [0.5, 0.6) is 0 Å². The maximum Gasteiger partial charge on any atom is 1.00 e. The van der Waals surface area contributed by atoms with Gasteiger partial charge in [-0.05, 0) is 24.3 Å². The largest absolute Gasteiger partial charge is 1.00 e. The number of pyridine rings is 1. The Balaban J connectivity index is 0.00000133. The monoisotopic (exact) mass is 278 g/mol. The van der Waals surface area contributed by atoms with Crippen LogP contribution in [0, 0.1) is 0 Å². The second kappa shape index (κ2) is 6.43. The molecule has 0 saturated heterocycles. The minimum absolute atomic E-state index is 0. The van der Waals surface area contributed by atoms with Gasteiger partial charge in [-0.15, -0.1) is 0 Å². The number of anilines is 1. The molecule has 1 aliphatic heterocycles. The van der Waals surface area contributed by atoms with Crippen LogP contribution in [0.15, 0.2) is 60.0 Å². The third-order valence-corrected chi connectivity index (χ3v) is 3.01. The third kappa shape index (κ3) is 2.95. The molecule has 1 unspecified atom stereocenters. The molecule has 2 heterocycles. The molecule has 19 heavy (non-hydrogen) atoms. The number of benzene rings is 1. The Kier molecular flexibility index (Phi) is 4.87. The average Bonchev–Trinajstić information content (AvgIpc) is 2.83. The van der Waals surface area contributed by atoms with Gasteiger partial charge in [-0.1, -0.05) is 18.2 Å². The summed E-state index contributed by atoms with van der Waals surface area (Å²) >= 11 is 5.36. The molecule has 1 aromatic carbocycles. The SMILES string of the molecule is [Na+].[S-]C1NN=C(c2cccnc2)N1c1ccccc1. The Morgan fingerprint density at radius 3 is 2.58 bits per heavy atom. The van der Waals surface area contributed by atoms with Gasteiger partial charge in [0.2, 0.25) is 0 Å². The molecular formula is C13H11N4NaS. The van der Waals surface area contributed by atoms with Crippen molar-refractivity contribution in [3.63, 3.8) is 0 Å². The van der Waals surface area contributed by atoms with Gasteiger partial charge in [-0.3, -0.25) is 4.98 Å². The second-order valence-electron chi connectivity index (χ2n) is 3.86. The Morgan fingerprint density at radius 1 is 1.11 bits per heavy atom. The number of nitrogens with zero attached hydrogens (tertiary/aromatic N) is 3. The van der Waals surface area contributed by atoms with Crippen molar-refractivity contribution in [3.05, 3.63) is 60.4 Å². The van der Waals surface area contributed by atoms with Crippen molar-refractivity contribution in [1.29, 1.82) is 0 Å². The van der Waals surface area contributed by atoms with Crippen LogP contribution >= 0.6 is 0 Å². The second-order valence-corrected chi connectivity index (χ2v) is 4.31. The molecule has 0 saturated carbocycles. The summed E-state index contributed by atoms with van der Waals surface area (Å²) in [5, 5.41) is 4.29. The summed E-state index contributed by atoms with van der Waals surface area (Å²) in [5.41, 5.74) is 4.61. The van der Waals surface area contributed by atoms with Crippen molar-refractivity contribution >= 4 is 24.2 Å². The maximum absolute atomic E-state index is 5.36. The molecule has 0 amide bonds. The molecule has 1 aliphatic rings. The minimum Gasteiger partial charge on any atom is -0.744 e. The van der Waals surface area contributed by atoms with E-state index in [0.29, 0.717) is 0 Å². The number of para-hydroxylation sites is 1. The summed E-state index contributed by atoms with van der Waals surface area (Å²) in [7, 11) is 0. The van der Waals surface area contributed by atoms with Crippen molar-refractivity contribution < 1.29 is 29.6 Å². The zero-order valence-electron chi connectivity index (χ0n) is 10.5. The van der Waals surface area contributed by atoms with E-state index in [1.165, 1.54) is 0 Å². The van der Waals surface area contributed by atoms with E-state index in [1.807, 2.05) is 47.4 Å². The minimum atomic E-state index is -0.275. The van der Waals surface area contributed by atoms with Crippen molar-refractivity contribution in [2.24, 2.45) is 5.10 Å². The molecular weight excluding hydrogens is 267 g/mol. The Morgan fingerprint density at radius 2 is 1.89 bits per heavy atom. The van der Waals surface area contributed by atoms with Crippen LogP contribution in [0.2, 0.25) is 0 Å². The Labute approximate surface area is 139 Å². The quantitative estimate of drug-likeness (QED) is 0.547. The summed E-state index contributed by atoms with van der Waals surface area (Å²) in [6.45, 7) is 0. The van der Waals surface area contributed by atoms with Gasteiger partial charge in [0.05, 0.1) is 0 Å². The van der Waals surface area contributed by atoms with Gasteiger partial charge in [-0.25, -0.2) is 0 Å². The maximum atomic E-state index is 5.36. The summed E-state index contributed by atoms with van der Waals surface area (Å²) in [5.74, 6) is 0.800. The molecule has 0 fully saturated rings. The van der Waals surface area contributed by atoms with Crippen LogP contribution in [0.1, 0.15) is 5.56 Å². The smallest absolute Gasteiger partial charge is 0.744 e. The van der Waals surface area contributed by atoms with Crippen LogP contribution in [0.25, 0.3) is 0 Å². The fraction of sp³-hybridized carbons (Fsp3) is 0.0769. The van der Waals surface area contributed by atoms with E-state index in [-0.39, 0.29) is 35.1 Å². The molecule has 0 bridgehead atoms. The first-order valence-corrected chi connectivity index (χ1v) is 6.07. The third-order valence-electron chi connectivity index (χ3n) is 2.70. The zero-order valence-corrected chi connectivity index (χ0v) is 13.3. The molecule has 90 valence electrons. The predicted molar refractivity (Wildman–Crippen MR) is 74.0 cm³/mol. The van der Waals surface area contributed by atoms with Crippen molar-refractivity contribution in [3.8, 4) is 0 Å². The van der Waals surface area contributed by atoms with Crippen LogP contribution in [0.3, 0.4) is 0 Å². The van der Waals surface area contributed by atoms with Gasteiger partial charge in [0.15, 0.2) is 5.84 Å². The summed E-state index contributed by atoms with van der Waals surface area (Å²) in [6.07, 6.45) is 3.52. The molecule has 0 radical (unpaired) electrons. The van der Waals surface area contributed by atoms with Crippen molar-refractivity contribution in [1.82, 2.24) is 10.4 Å². The molecule has 6 heteroatoms. The fourth-order valence-electron chi connectivity index (χ4n) is 1.88.